The number of nitrogens with zero attached hydrogens (tertiary/aromatic N) is 1. The predicted octanol–water partition coefficient (Wildman–Crippen LogP) is 2.77. The van der Waals surface area contributed by atoms with E-state index in [0.29, 0.717) is 0 Å². The number of ether oxygens (including phenoxy) is 1. The zero-order chi connectivity index (χ0) is 16.7. The van der Waals surface area contributed by atoms with Crippen LogP contribution in [-0.4, -0.2) is 36.6 Å². The summed E-state index contributed by atoms with van der Waals surface area (Å²) in [5.74, 6) is -0.457. The lowest BCUT2D eigenvalue weighted by Crippen LogP contribution is -2.34. The molecule has 2 aromatic carbocycles. The molecule has 0 fully saturated rings. The molecule has 5 nitrogen and oxygen atoms in total. The fourth-order valence-corrected chi connectivity index (χ4v) is 2.36. The quantitative estimate of drug-likeness (QED) is 0.629. The maximum atomic E-state index is 11.2. The summed E-state index contributed by atoms with van der Waals surface area (Å²) in [7, 11) is 1.50. The first kappa shape index (κ1) is 17.1. The second-order valence-corrected chi connectivity index (χ2v) is 5.10. The van der Waals surface area contributed by atoms with Crippen LogP contribution in [0.5, 0.6) is 0 Å². The second kappa shape index (κ2) is 8.43. The molecule has 5 heteroatoms. The largest absolute Gasteiger partial charge is 0.394 e. The highest BCUT2D eigenvalue weighted by molar-refractivity contribution is 5.65. The van der Waals surface area contributed by atoms with Crippen LogP contribution in [0.4, 0.5) is 0 Å². The molecule has 1 N–H and O–H groups in total. The Morgan fingerprint density at radius 1 is 1.09 bits per heavy atom. The number of aliphatic hydroxyl groups excluding tert-OH is 1. The van der Waals surface area contributed by atoms with E-state index in [0.717, 1.165) is 16.7 Å². The molecule has 2 rings (SSSR count). The number of aliphatic hydroxyl groups is 1. The summed E-state index contributed by atoms with van der Waals surface area (Å²) in [5, 5.41) is 11.0. The summed E-state index contributed by atoms with van der Waals surface area (Å²) in [6, 6.07) is 17.3. The standard InChI is InChI=1S/C18H21NO4/c1-14(21)23-19(13-22-2)18(12-20)17-10-8-16(9-11-17)15-6-4-3-5-7-15/h3-11,18,20H,12-13H2,1-2H3. The van der Waals surface area contributed by atoms with Gasteiger partial charge in [0.1, 0.15) is 6.73 Å². The molecule has 0 spiro atoms. The van der Waals surface area contributed by atoms with E-state index in [9.17, 15) is 9.90 Å². The van der Waals surface area contributed by atoms with E-state index in [1.165, 1.54) is 19.1 Å². The van der Waals surface area contributed by atoms with E-state index in [1.807, 2.05) is 54.6 Å². The van der Waals surface area contributed by atoms with Gasteiger partial charge in [-0.2, -0.15) is 0 Å². The molecule has 0 aliphatic heterocycles. The average molecular weight is 315 g/mol. The first-order chi connectivity index (χ1) is 11.2. The van der Waals surface area contributed by atoms with Crippen molar-refractivity contribution in [1.29, 1.82) is 0 Å². The van der Waals surface area contributed by atoms with Crippen LogP contribution >= 0.6 is 0 Å². The molecule has 0 aliphatic carbocycles. The molecule has 1 atom stereocenters. The van der Waals surface area contributed by atoms with Crippen molar-refractivity contribution in [3.8, 4) is 11.1 Å². The fraction of sp³-hybridized carbons (Fsp3) is 0.278. The van der Waals surface area contributed by atoms with Gasteiger partial charge in [0.25, 0.3) is 0 Å². The highest BCUT2D eigenvalue weighted by Crippen LogP contribution is 2.25. The van der Waals surface area contributed by atoms with Crippen LogP contribution in [0.3, 0.4) is 0 Å². The number of hydrogen-bond donors (Lipinski definition) is 1. The summed E-state index contributed by atoms with van der Waals surface area (Å²) >= 11 is 0. The van der Waals surface area contributed by atoms with Crippen molar-refractivity contribution in [3.05, 3.63) is 60.2 Å². The van der Waals surface area contributed by atoms with Crippen LogP contribution in [0.1, 0.15) is 18.5 Å². The minimum absolute atomic E-state index is 0.0746. The lowest BCUT2D eigenvalue weighted by molar-refractivity contribution is -0.228. The summed E-state index contributed by atoms with van der Waals surface area (Å²) in [6.07, 6.45) is 0. The van der Waals surface area contributed by atoms with Gasteiger partial charge in [-0.05, 0) is 16.7 Å². The molecule has 0 amide bonds. The van der Waals surface area contributed by atoms with Crippen molar-refractivity contribution >= 4 is 5.97 Å². The van der Waals surface area contributed by atoms with Gasteiger partial charge in [0, 0.05) is 14.0 Å². The normalized spacial score (nSPS) is 12.2. The molecule has 0 heterocycles. The Morgan fingerprint density at radius 2 is 1.70 bits per heavy atom. The number of methoxy groups -OCH3 is 1. The Labute approximate surface area is 136 Å². The lowest BCUT2D eigenvalue weighted by atomic mass is 10.0. The maximum absolute atomic E-state index is 11.2. The molecular formula is C18H21NO4. The zero-order valence-electron chi connectivity index (χ0n) is 13.3. The smallest absolute Gasteiger partial charge is 0.322 e. The van der Waals surface area contributed by atoms with Crippen LogP contribution in [0.15, 0.2) is 54.6 Å². The first-order valence-electron chi connectivity index (χ1n) is 7.36. The van der Waals surface area contributed by atoms with Crippen LogP contribution in [0.25, 0.3) is 11.1 Å². The van der Waals surface area contributed by atoms with Gasteiger partial charge in [-0.3, -0.25) is 4.79 Å². The van der Waals surface area contributed by atoms with Crippen LogP contribution < -0.4 is 0 Å². The minimum atomic E-state index is -0.483. The van der Waals surface area contributed by atoms with Crippen molar-refractivity contribution in [2.45, 2.75) is 13.0 Å². The number of hydroxylamine groups is 2. The van der Waals surface area contributed by atoms with E-state index < -0.39 is 12.0 Å². The van der Waals surface area contributed by atoms with Crippen LogP contribution in [0.2, 0.25) is 0 Å². The van der Waals surface area contributed by atoms with Crippen LogP contribution in [-0.2, 0) is 14.4 Å². The van der Waals surface area contributed by atoms with E-state index in [-0.39, 0.29) is 13.3 Å². The third-order valence-electron chi connectivity index (χ3n) is 3.43. The third kappa shape index (κ3) is 4.63. The Kier molecular flexibility index (Phi) is 6.29. The molecule has 0 bridgehead atoms. The molecular weight excluding hydrogens is 294 g/mol. The summed E-state index contributed by atoms with van der Waals surface area (Å²) < 4.78 is 5.04. The van der Waals surface area contributed by atoms with Gasteiger partial charge >= 0.3 is 5.97 Å². The zero-order valence-corrected chi connectivity index (χ0v) is 13.3. The molecule has 0 aromatic heterocycles. The number of benzene rings is 2. The van der Waals surface area contributed by atoms with Crippen molar-refractivity contribution in [2.75, 3.05) is 20.4 Å². The Balaban J connectivity index is 2.22. The van der Waals surface area contributed by atoms with Gasteiger partial charge < -0.3 is 14.7 Å². The number of rotatable bonds is 7. The molecule has 23 heavy (non-hydrogen) atoms. The maximum Gasteiger partial charge on any atom is 0.322 e. The van der Waals surface area contributed by atoms with Gasteiger partial charge in [0.2, 0.25) is 0 Å². The van der Waals surface area contributed by atoms with Crippen molar-refractivity contribution in [1.82, 2.24) is 5.06 Å². The van der Waals surface area contributed by atoms with Gasteiger partial charge in [-0.25, -0.2) is 0 Å². The molecule has 1 unspecified atom stereocenters. The van der Waals surface area contributed by atoms with Crippen LogP contribution in [0, 0.1) is 0 Å². The highest BCUT2D eigenvalue weighted by Gasteiger charge is 2.22. The molecule has 2 aromatic rings. The lowest BCUT2D eigenvalue weighted by Gasteiger charge is -2.27. The Bertz CT molecular complexity index is 613. The molecule has 122 valence electrons. The second-order valence-electron chi connectivity index (χ2n) is 5.10. The minimum Gasteiger partial charge on any atom is -0.394 e. The van der Waals surface area contributed by atoms with Crippen molar-refractivity contribution in [3.63, 3.8) is 0 Å². The third-order valence-corrected chi connectivity index (χ3v) is 3.43. The van der Waals surface area contributed by atoms with E-state index in [1.54, 1.807) is 0 Å². The number of hydrogen-bond acceptors (Lipinski definition) is 5. The van der Waals surface area contributed by atoms with Gasteiger partial charge in [-0.15, -0.1) is 5.06 Å². The van der Waals surface area contributed by atoms with Gasteiger partial charge in [-0.1, -0.05) is 54.6 Å². The van der Waals surface area contributed by atoms with Gasteiger partial charge in [0.05, 0.1) is 12.6 Å². The van der Waals surface area contributed by atoms with E-state index in [2.05, 4.69) is 0 Å². The molecule has 0 radical (unpaired) electrons. The van der Waals surface area contributed by atoms with E-state index >= 15 is 0 Å². The predicted molar refractivity (Wildman–Crippen MR) is 87.2 cm³/mol. The molecule has 0 saturated heterocycles. The summed E-state index contributed by atoms with van der Waals surface area (Å²) in [5.41, 5.74) is 3.04. The monoisotopic (exact) mass is 315 g/mol. The van der Waals surface area contributed by atoms with Gasteiger partial charge in [0.15, 0.2) is 0 Å². The summed E-state index contributed by atoms with van der Waals surface area (Å²) in [6.45, 7) is 1.20. The fourth-order valence-electron chi connectivity index (χ4n) is 2.36. The van der Waals surface area contributed by atoms with Crippen molar-refractivity contribution < 1.29 is 19.5 Å². The topological polar surface area (TPSA) is 59.0 Å². The van der Waals surface area contributed by atoms with Crippen molar-refractivity contribution in [2.24, 2.45) is 0 Å². The summed E-state index contributed by atoms with van der Waals surface area (Å²) in [4.78, 5) is 16.3. The number of carbonyl (C=O) groups is 1. The Morgan fingerprint density at radius 3 is 2.22 bits per heavy atom. The molecule has 0 saturated carbocycles. The highest BCUT2D eigenvalue weighted by atomic mass is 16.7. The average Bonchev–Trinajstić information content (AvgIpc) is 2.57. The SMILES string of the molecule is COCN(OC(C)=O)C(CO)c1ccc(-c2ccccc2)cc1. The first-order valence-corrected chi connectivity index (χ1v) is 7.36. The molecule has 0 aliphatic rings. The Hall–Kier alpha value is -2.21. The number of carbonyl (C=O) groups excluding carboxylic acids is 1. The van der Waals surface area contributed by atoms with E-state index in [4.69, 9.17) is 9.57 Å².